The summed E-state index contributed by atoms with van der Waals surface area (Å²) >= 11 is 0. The molecule has 9 heteroatoms. The lowest BCUT2D eigenvalue weighted by Crippen LogP contribution is -2.49. The molecule has 1 saturated carbocycles. The van der Waals surface area contributed by atoms with Gasteiger partial charge in [0.25, 0.3) is 6.47 Å². The van der Waals surface area contributed by atoms with Crippen molar-refractivity contribution in [2.45, 2.75) is 51.8 Å². The number of carbonyl (C=O) groups is 2. The van der Waals surface area contributed by atoms with E-state index in [1.54, 1.807) is 14.0 Å². The number of nitrogens with zero attached hydrogens (tertiary/aromatic N) is 3. The zero-order valence-electron chi connectivity index (χ0n) is 15.6. The smallest absolute Gasteiger partial charge is 0.290 e. The molecule has 1 aromatic rings. The molecule has 0 radical (unpaired) electrons. The van der Waals surface area contributed by atoms with Gasteiger partial charge in [0.2, 0.25) is 5.91 Å². The van der Waals surface area contributed by atoms with Gasteiger partial charge in [-0.05, 0) is 24.7 Å². The number of fused-ring (bicyclic) bond motifs is 1. The van der Waals surface area contributed by atoms with E-state index in [1.165, 1.54) is 0 Å². The van der Waals surface area contributed by atoms with Crippen molar-refractivity contribution in [3.05, 3.63) is 11.6 Å². The summed E-state index contributed by atoms with van der Waals surface area (Å²) in [6.07, 6.45) is 2.99. The fourth-order valence-corrected chi connectivity index (χ4v) is 4.09. The average molecular weight is 367 g/mol. The number of methoxy groups -OCH3 is 1. The minimum atomic E-state index is -0.250. The number of aryl methyl sites for hydroxylation is 1. The van der Waals surface area contributed by atoms with E-state index in [4.69, 9.17) is 14.6 Å². The number of rotatable bonds is 5. The highest BCUT2D eigenvalue weighted by molar-refractivity contribution is 5.73. The summed E-state index contributed by atoms with van der Waals surface area (Å²) in [7, 11) is 1.74. The van der Waals surface area contributed by atoms with E-state index in [1.807, 2.05) is 0 Å². The highest BCUT2D eigenvalue weighted by Gasteiger charge is 2.42. The van der Waals surface area contributed by atoms with Crippen LogP contribution in [0.15, 0.2) is 0 Å². The van der Waals surface area contributed by atoms with Gasteiger partial charge in [-0.15, -0.1) is 0 Å². The Hall–Kier alpha value is -2.00. The van der Waals surface area contributed by atoms with E-state index < -0.39 is 0 Å². The van der Waals surface area contributed by atoms with Crippen molar-refractivity contribution in [3.8, 4) is 0 Å². The molecule has 3 rings (SSSR count). The summed E-state index contributed by atoms with van der Waals surface area (Å²) in [4.78, 5) is 26.7. The maximum absolute atomic E-state index is 11.4. The highest BCUT2D eigenvalue weighted by atomic mass is 16.5. The Morgan fingerprint density at radius 2 is 2.08 bits per heavy atom. The second kappa shape index (κ2) is 9.63. The number of hydrogen-bond acceptors (Lipinski definition) is 6. The minimum absolute atomic E-state index is 0.0270. The molecular formula is C17H29N5O4. The fraction of sp³-hybridized carbons (Fsp3) is 0.765. The Bertz CT molecular complexity index is 593. The number of ether oxygens (including phenoxy) is 1. The van der Waals surface area contributed by atoms with Crippen molar-refractivity contribution >= 4 is 12.4 Å². The van der Waals surface area contributed by atoms with Gasteiger partial charge in [0.1, 0.15) is 11.6 Å². The maximum Gasteiger partial charge on any atom is 0.290 e. The summed E-state index contributed by atoms with van der Waals surface area (Å²) in [5, 5.41) is 17.2. The number of H-pyrrole nitrogens is 1. The van der Waals surface area contributed by atoms with Crippen molar-refractivity contribution in [3.63, 3.8) is 0 Å². The molecule has 1 saturated heterocycles. The molecule has 3 N–H and O–H groups in total. The first-order valence-corrected chi connectivity index (χ1v) is 9.00. The number of hydrogen-bond donors (Lipinski definition) is 3. The van der Waals surface area contributed by atoms with Gasteiger partial charge in [-0.25, -0.2) is 4.98 Å². The number of amides is 1. The number of aromatic amines is 1. The normalized spacial score (nSPS) is 28.0. The van der Waals surface area contributed by atoms with Crippen LogP contribution in [0, 0.1) is 11.8 Å². The molecular weight excluding hydrogens is 338 g/mol. The van der Waals surface area contributed by atoms with Crippen LogP contribution in [0.5, 0.6) is 0 Å². The summed E-state index contributed by atoms with van der Waals surface area (Å²) in [6.45, 7) is 6.33. The first-order valence-electron chi connectivity index (χ1n) is 9.00. The molecule has 0 bridgehead atoms. The van der Waals surface area contributed by atoms with Crippen LogP contribution in [0.4, 0.5) is 0 Å². The van der Waals surface area contributed by atoms with Crippen molar-refractivity contribution < 1.29 is 19.4 Å². The molecule has 1 aliphatic carbocycles. The Morgan fingerprint density at radius 1 is 1.42 bits per heavy atom. The van der Waals surface area contributed by atoms with Gasteiger partial charge >= 0.3 is 0 Å². The second-order valence-corrected chi connectivity index (χ2v) is 6.92. The van der Waals surface area contributed by atoms with Crippen LogP contribution in [0.3, 0.4) is 0 Å². The largest absolute Gasteiger partial charge is 0.483 e. The molecule has 26 heavy (non-hydrogen) atoms. The monoisotopic (exact) mass is 367 g/mol. The van der Waals surface area contributed by atoms with Crippen LogP contribution < -0.4 is 5.32 Å². The number of nitrogens with one attached hydrogen (secondary N) is 2. The first kappa shape index (κ1) is 20.3. The molecule has 1 amide bonds. The van der Waals surface area contributed by atoms with Gasteiger partial charge < -0.3 is 15.2 Å². The molecule has 9 nitrogen and oxygen atoms in total. The van der Waals surface area contributed by atoms with E-state index in [0.29, 0.717) is 11.8 Å². The van der Waals surface area contributed by atoms with Gasteiger partial charge in [0.15, 0.2) is 0 Å². The molecule has 2 aliphatic rings. The van der Waals surface area contributed by atoms with Crippen LogP contribution in [-0.2, 0) is 27.3 Å². The molecule has 2 fully saturated rings. The molecule has 1 aromatic heterocycles. The molecule has 2 heterocycles. The predicted molar refractivity (Wildman–Crippen MR) is 94.3 cm³/mol. The minimum Gasteiger partial charge on any atom is -0.483 e. The van der Waals surface area contributed by atoms with Gasteiger partial charge in [0, 0.05) is 33.5 Å². The van der Waals surface area contributed by atoms with Gasteiger partial charge in [-0.3, -0.25) is 19.6 Å². The van der Waals surface area contributed by atoms with Crippen molar-refractivity contribution in [2.75, 3.05) is 20.2 Å². The van der Waals surface area contributed by atoms with Crippen molar-refractivity contribution in [1.29, 1.82) is 0 Å². The van der Waals surface area contributed by atoms with E-state index in [-0.39, 0.29) is 24.5 Å². The second-order valence-electron chi connectivity index (χ2n) is 6.92. The molecule has 0 spiro atoms. The number of aromatic nitrogens is 3. The Kier molecular flexibility index (Phi) is 7.52. The third-order valence-electron chi connectivity index (χ3n) is 5.15. The van der Waals surface area contributed by atoms with Crippen LogP contribution in [-0.4, -0.2) is 69.9 Å². The fourth-order valence-electron chi connectivity index (χ4n) is 4.09. The van der Waals surface area contributed by atoms with E-state index in [2.05, 4.69) is 32.3 Å². The molecule has 1 aliphatic heterocycles. The quantitative estimate of drug-likeness (QED) is 0.645. The summed E-state index contributed by atoms with van der Waals surface area (Å²) in [5.74, 6) is 3.11. The zero-order valence-corrected chi connectivity index (χ0v) is 15.6. The first-order chi connectivity index (χ1) is 12.5. The summed E-state index contributed by atoms with van der Waals surface area (Å²) < 4.78 is 5.62. The van der Waals surface area contributed by atoms with Crippen LogP contribution in [0.25, 0.3) is 0 Å². The summed E-state index contributed by atoms with van der Waals surface area (Å²) in [5.41, 5.74) is 0. The topological polar surface area (TPSA) is 120 Å². The lowest BCUT2D eigenvalue weighted by atomic mass is 9.77. The lowest BCUT2D eigenvalue weighted by Gasteiger charge is -2.37. The third-order valence-corrected chi connectivity index (χ3v) is 5.15. The lowest BCUT2D eigenvalue weighted by molar-refractivity contribution is -0.123. The van der Waals surface area contributed by atoms with Gasteiger partial charge in [-0.1, -0.05) is 6.92 Å². The van der Waals surface area contributed by atoms with Crippen molar-refractivity contribution in [2.24, 2.45) is 11.8 Å². The third kappa shape index (κ3) is 5.25. The van der Waals surface area contributed by atoms with Gasteiger partial charge in [0.05, 0.1) is 18.7 Å². The van der Waals surface area contributed by atoms with E-state index in [0.717, 1.165) is 50.5 Å². The average Bonchev–Trinajstić information content (AvgIpc) is 3.20. The molecule has 0 unspecified atom stereocenters. The van der Waals surface area contributed by atoms with Crippen LogP contribution in [0.1, 0.15) is 38.3 Å². The molecule has 4 atom stereocenters. The number of carboxylic acid groups (broad SMARTS) is 1. The number of carbonyl (C=O) groups excluding carboxylic acids is 1. The van der Waals surface area contributed by atoms with Crippen molar-refractivity contribution in [1.82, 2.24) is 25.4 Å². The van der Waals surface area contributed by atoms with Crippen LogP contribution in [0.2, 0.25) is 0 Å². The SMILES string of the molecule is CCc1n[nH]c(CN2C[C@H]3C[C@@H](NC(C)=O)[C@H](OC)C[C@H]3C2)n1.O=CO. The zero-order chi connectivity index (χ0) is 19.1. The summed E-state index contributed by atoms with van der Waals surface area (Å²) in [6, 6.07) is 0.135. The maximum atomic E-state index is 11.4. The van der Waals surface area contributed by atoms with Crippen LogP contribution >= 0.6 is 0 Å². The number of likely N-dealkylation sites (tertiary alicyclic amines) is 1. The van der Waals surface area contributed by atoms with Gasteiger partial charge in [-0.2, -0.15) is 5.10 Å². The highest BCUT2D eigenvalue weighted by Crippen LogP contribution is 2.37. The Morgan fingerprint density at radius 3 is 2.62 bits per heavy atom. The van der Waals surface area contributed by atoms with E-state index >= 15 is 0 Å². The molecule has 0 aromatic carbocycles. The Balaban J connectivity index is 0.000000758. The standard InChI is InChI=1S/C16H27N5O2.CH2O2/c1-4-15-18-16(20-19-15)9-21-7-11-5-13(17-10(2)22)14(23-3)6-12(11)8-21;2-1-3/h11-14H,4-9H2,1-3H3,(H,17,22)(H,18,19,20);1H,(H,2,3)/t11-,12+,13-,14-;/m1./s1. The molecule has 146 valence electrons. The predicted octanol–water partition coefficient (Wildman–Crippen LogP) is 0.429. The Labute approximate surface area is 153 Å². The van der Waals surface area contributed by atoms with E-state index in [9.17, 15) is 4.79 Å².